The van der Waals surface area contributed by atoms with Crippen LogP contribution in [0.5, 0.6) is 0 Å². The summed E-state index contributed by atoms with van der Waals surface area (Å²) in [4.78, 5) is 0. The molecule has 0 bridgehead atoms. The van der Waals surface area contributed by atoms with E-state index >= 15 is 0 Å². The molecule has 2 aromatic carbocycles. The van der Waals surface area contributed by atoms with Gasteiger partial charge < -0.3 is 5.32 Å². The summed E-state index contributed by atoms with van der Waals surface area (Å²) in [6.45, 7) is 5.56. The highest BCUT2D eigenvalue weighted by molar-refractivity contribution is 5.54. The van der Waals surface area contributed by atoms with Gasteiger partial charge in [0.2, 0.25) is 0 Å². The van der Waals surface area contributed by atoms with Crippen LogP contribution >= 0.6 is 0 Å². The average molecular weight is 319 g/mol. The molecule has 1 aliphatic heterocycles. The van der Waals surface area contributed by atoms with Gasteiger partial charge in [0.05, 0.1) is 0 Å². The molecule has 0 saturated carbocycles. The van der Waals surface area contributed by atoms with Gasteiger partial charge in [-0.25, -0.2) is 0 Å². The Bertz CT molecular complexity index is 672. The zero-order chi connectivity index (χ0) is 16.8. The third-order valence-corrected chi connectivity index (χ3v) is 5.06. The third kappa shape index (κ3) is 4.36. The quantitative estimate of drug-likeness (QED) is 0.741. The number of rotatable bonds is 6. The maximum atomic E-state index is 3.72. The van der Waals surface area contributed by atoms with E-state index in [1.165, 1.54) is 35.1 Å². The van der Waals surface area contributed by atoms with Gasteiger partial charge in [0.25, 0.3) is 0 Å². The number of hydrogen-bond acceptors (Lipinski definition) is 1. The third-order valence-electron chi connectivity index (χ3n) is 5.06. The number of aryl methyl sites for hydroxylation is 1. The van der Waals surface area contributed by atoms with E-state index < -0.39 is 0 Å². The Kier molecular flexibility index (Phi) is 5.87. The summed E-state index contributed by atoms with van der Waals surface area (Å²) >= 11 is 0. The van der Waals surface area contributed by atoms with Crippen molar-refractivity contribution in [1.29, 1.82) is 0 Å². The van der Waals surface area contributed by atoms with Crippen molar-refractivity contribution >= 4 is 6.08 Å². The van der Waals surface area contributed by atoms with Crippen molar-refractivity contribution in [2.45, 2.75) is 51.5 Å². The van der Waals surface area contributed by atoms with E-state index in [4.69, 9.17) is 0 Å². The molecule has 1 aliphatic rings. The van der Waals surface area contributed by atoms with Gasteiger partial charge in [0, 0.05) is 12.6 Å². The lowest BCUT2D eigenvalue weighted by Crippen LogP contribution is -2.23. The van der Waals surface area contributed by atoms with Crippen LogP contribution in [-0.4, -0.2) is 12.6 Å². The molecule has 0 amide bonds. The normalized spacial score (nSPS) is 20.8. The maximum Gasteiger partial charge on any atom is 0.0114 e. The monoisotopic (exact) mass is 319 g/mol. The molecule has 1 nitrogen and oxygen atoms in total. The average Bonchev–Trinajstić information content (AvgIpc) is 3.06. The Balaban J connectivity index is 1.62. The highest BCUT2D eigenvalue weighted by Gasteiger charge is 2.25. The maximum absolute atomic E-state index is 3.72. The molecule has 0 aliphatic carbocycles. The fourth-order valence-corrected chi connectivity index (χ4v) is 3.64. The van der Waals surface area contributed by atoms with Gasteiger partial charge in [0.15, 0.2) is 0 Å². The molecule has 2 atom stereocenters. The molecule has 0 spiro atoms. The first-order valence-corrected chi connectivity index (χ1v) is 9.30. The summed E-state index contributed by atoms with van der Waals surface area (Å²) in [6.07, 6.45) is 9.30. The predicted molar refractivity (Wildman–Crippen MR) is 104 cm³/mol. The van der Waals surface area contributed by atoms with Crippen molar-refractivity contribution in [3.8, 4) is 0 Å². The first-order chi connectivity index (χ1) is 11.8. The summed E-state index contributed by atoms with van der Waals surface area (Å²) in [5.74, 6) is 0.645. The van der Waals surface area contributed by atoms with Crippen LogP contribution in [0.15, 0.2) is 54.6 Å². The van der Waals surface area contributed by atoms with Crippen LogP contribution in [0.3, 0.4) is 0 Å². The van der Waals surface area contributed by atoms with Crippen LogP contribution < -0.4 is 5.32 Å². The fourth-order valence-electron chi connectivity index (χ4n) is 3.64. The lowest BCUT2D eigenvalue weighted by Gasteiger charge is -2.13. The minimum Gasteiger partial charge on any atom is -0.313 e. The van der Waals surface area contributed by atoms with Crippen molar-refractivity contribution < 1.29 is 0 Å². The van der Waals surface area contributed by atoms with E-state index in [1.54, 1.807) is 0 Å². The summed E-state index contributed by atoms with van der Waals surface area (Å²) in [5.41, 5.74) is 5.68. The molecule has 1 fully saturated rings. The minimum atomic E-state index is 0.599. The molecular formula is C23H29N. The molecule has 2 aromatic rings. The Morgan fingerprint density at radius 2 is 1.96 bits per heavy atom. The van der Waals surface area contributed by atoms with Crippen molar-refractivity contribution in [2.24, 2.45) is 0 Å². The Hall–Kier alpha value is -1.86. The number of benzene rings is 2. The van der Waals surface area contributed by atoms with Crippen LogP contribution in [0.4, 0.5) is 0 Å². The van der Waals surface area contributed by atoms with E-state index in [2.05, 4.69) is 79.8 Å². The summed E-state index contributed by atoms with van der Waals surface area (Å²) in [7, 11) is 0. The van der Waals surface area contributed by atoms with Gasteiger partial charge in [-0.3, -0.25) is 0 Å². The minimum absolute atomic E-state index is 0.599. The van der Waals surface area contributed by atoms with Gasteiger partial charge in [0.1, 0.15) is 0 Å². The van der Waals surface area contributed by atoms with E-state index in [-0.39, 0.29) is 0 Å². The highest BCUT2D eigenvalue weighted by atomic mass is 14.9. The molecule has 2 unspecified atom stereocenters. The second-order valence-corrected chi connectivity index (χ2v) is 7.03. The van der Waals surface area contributed by atoms with E-state index in [9.17, 15) is 0 Å². The zero-order valence-corrected chi connectivity index (χ0v) is 15.0. The largest absolute Gasteiger partial charge is 0.313 e. The fraction of sp³-hybridized carbons (Fsp3) is 0.391. The van der Waals surface area contributed by atoms with Gasteiger partial charge in [-0.15, -0.1) is 0 Å². The standard InChI is InChI=1S/C23H29N/c1-3-4-6-11-20-12-13-21(14-18(20)2)22-16-23(24-17-22)15-19-9-7-5-8-10-19/h5-14,22-24H,3-4,15-17H2,1-2H3/b11-6-. The van der Waals surface area contributed by atoms with Crippen molar-refractivity contribution in [3.05, 3.63) is 76.9 Å². The lowest BCUT2D eigenvalue weighted by atomic mass is 9.92. The first-order valence-electron chi connectivity index (χ1n) is 9.30. The van der Waals surface area contributed by atoms with Gasteiger partial charge in [-0.05, 0) is 54.4 Å². The SMILES string of the molecule is CCC/C=C\c1ccc(C2CNC(Cc3ccccc3)C2)cc1C. The second kappa shape index (κ2) is 8.30. The predicted octanol–water partition coefficient (Wildman–Crippen LogP) is 5.50. The Labute approximate surface area is 146 Å². The van der Waals surface area contributed by atoms with E-state index in [0.29, 0.717) is 12.0 Å². The molecule has 1 heteroatoms. The van der Waals surface area contributed by atoms with Crippen LogP contribution in [0.1, 0.15) is 54.4 Å². The summed E-state index contributed by atoms with van der Waals surface area (Å²) in [5, 5.41) is 3.72. The van der Waals surface area contributed by atoms with Crippen molar-refractivity contribution in [2.75, 3.05) is 6.54 Å². The molecule has 0 radical (unpaired) electrons. The van der Waals surface area contributed by atoms with Crippen LogP contribution in [0.2, 0.25) is 0 Å². The van der Waals surface area contributed by atoms with E-state index in [1.807, 2.05) is 0 Å². The molecule has 0 aromatic heterocycles. The van der Waals surface area contributed by atoms with Gasteiger partial charge in [-0.2, -0.15) is 0 Å². The number of hydrogen-bond donors (Lipinski definition) is 1. The topological polar surface area (TPSA) is 12.0 Å². The first kappa shape index (κ1) is 17.0. The summed E-state index contributed by atoms with van der Waals surface area (Å²) < 4.78 is 0. The lowest BCUT2D eigenvalue weighted by molar-refractivity contribution is 0.598. The van der Waals surface area contributed by atoms with Crippen LogP contribution in [-0.2, 0) is 6.42 Å². The van der Waals surface area contributed by atoms with Crippen molar-refractivity contribution in [1.82, 2.24) is 5.32 Å². The van der Waals surface area contributed by atoms with Crippen molar-refractivity contribution in [3.63, 3.8) is 0 Å². The van der Waals surface area contributed by atoms with E-state index in [0.717, 1.165) is 19.4 Å². The summed E-state index contributed by atoms with van der Waals surface area (Å²) in [6, 6.07) is 18.4. The highest BCUT2D eigenvalue weighted by Crippen LogP contribution is 2.29. The number of nitrogens with one attached hydrogen (secondary N) is 1. The number of allylic oxidation sites excluding steroid dienone is 1. The van der Waals surface area contributed by atoms with Gasteiger partial charge >= 0.3 is 0 Å². The Morgan fingerprint density at radius 3 is 2.71 bits per heavy atom. The molecule has 1 N–H and O–H groups in total. The van der Waals surface area contributed by atoms with Crippen LogP contribution in [0, 0.1) is 6.92 Å². The molecule has 126 valence electrons. The van der Waals surface area contributed by atoms with Crippen LogP contribution in [0.25, 0.3) is 6.08 Å². The Morgan fingerprint density at radius 1 is 1.12 bits per heavy atom. The number of unbranched alkanes of at least 4 members (excludes halogenated alkanes) is 1. The smallest absolute Gasteiger partial charge is 0.0114 e. The molecular weight excluding hydrogens is 290 g/mol. The molecule has 24 heavy (non-hydrogen) atoms. The molecule has 1 saturated heterocycles. The van der Waals surface area contributed by atoms with Gasteiger partial charge in [-0.1, -0.05) is 74.0 Å². The zero-order valence-electron chi connectivity index (χ0n) is 15.0. The second-order valence-electron chi connectivity index (χ2n) is 7.03. The molecule has 1 heterocycles. The molecule has 3 rings (SSSR count).